The molecular weight excluding hydrogens is 1090 g/mol. The molecule has 6 heterocycles. The molecule has 12 aliphatic rings. The molecule has 2 aromatic heterocycles. The van der Waals surface area contributed by atoms with Crippen LogP contribution in [0.2, 0.25) is 0 Å². The molecule has 464 valence electrons. The summed E-state index contributed by atoms with van der Waals surface area (Å²) in [6.45, 7) is 18.8. The smallest absolute Gasteiger partial charge is 0.336 e. The Kier molecular flexibility index (Phi) is 12.6. The van der Waals surface area contributed by atoms with Crippen LogP contribution in [0.3, 0.4) is 0 Å². The number of aliphatic hydroxyl groups is 4. The van der Waals surface area contributed by atoms with Crippen LogP contribution in [-0.2, 0) is 65.4 Å². The number of fused-ring (bicyclic) bond motifs is 17. The maximum Gasteiger partial charge on any atom is 0.336 e. The van der Waals surface area contributed by atoms with Gasteiger partial charge >= 0.3 is 11.6 Å². The number of nitrogens with zero attached hydrogens (tertiary/aromatic N) is 3. The van der Waals surface area contributed by atoms with Gasteiger partial charge in [0.05, 0.1) is 53.1 Å². The van der Waals surface area contributed by atoms with Crippen molar-refractivity contribution in [3.63, 3.8) is 0 Å². The van der Waals surface area contributed by atoms with Crippen molar-refractivity contribution in [2.45, 2.75) is 211 Å². The number of nitrogens with one attached hydrogen (secondary N) is 1. The Morgan fingerprint density at radius 2 is 1.43 bits per heavy atom. The zero-order valence-corrected chi connectivity index (χ0v) is 52.2. The van der Waals surface area contributed by atoms with E-state index in [0.717, 1.165) is 105 Å². The number of hydrogen-bond donors (Lipinski definition) is 5. The van der Waals surface area contributed by atoms with E-state index >= 15 is 0 Å². The summed E-state index contributed by atoms with van der Waals surface area (Å²) in [6, 6.07) is 6.67. The van der Waals surface area contributed by atoms with Gasteiger partial charge in [-0.25, -0.2) is 4.79 Å². The van der Waals surface area contributed by atoms with Gasteiger partial charge in [0.25, 0.3) is 0 Å². The van der Waals surface area contributed by atoms with Crippen molar-refractivity contribution in [2.24, 2.45) is 74.9 Å². The number of rotatable bonds is 7. The monoisotopic (exact) mass is 1180 g/mol. The number of hydrogen-bond acceptors (Lipinski definition) is 16. The minimum absolute atomic E-state index is 0.0165. The summed E-state index contributed by atoms with van der Waals surface area (Å²) >= 11 is 0. The molecule has 0 unspecified atom stereocenters. The zero-order valence-electron chi connectivity index (χ0n) is 52.2. The Labute approximate surface area is 504 Å². The van der Waals surface area contributed by atoms with Crippen LogP contribution in [0.15, 0.2) is 56.8 Å². The number of carbonyl (C=O) groups excluding carboxylic acids is 2. The summed E-state index contributed by atoms with van der Waals surface area (Å²) in [5.74, 6) is -2.10. The maximum atomic E-state index is 13.3. The van der Waals surface area contributed by atoms with Gasteiger partial charge in [0.15, 0.2) is 5.79 Å². The maximum absolute atomic E-state index is 13.3. The molecule has 4 aliphatic heterocycles. The predicted octanol–water partition coefficient (Wildman–Crippen LogP) is 7.41. The second-order valence-corrected chi connectivity index (χ2v) is 31.4. The molecule has 5 N–H and O–H groups in total. The van der Waals surface area contributed by atoms with Crippen molar-refractivity contribution in [1.82, 2.24) is 15.3 Å². The number of benzene rings is 1. The molecule has 0 radical (unpaired) electrons. The molecule has 86 heavy (non-hydrogen) atoms. The van der Waals surface area contributed by atoms with Crippen molar-refractivity contribution in [3.05, 3.63) is 86.3 Å². The van der Waals surface area contributed by atoms with Gasteiger partial charge in [-0.05, 0) is 155 Å². The van der Waals surface area contributed by atoms with E-state index in [2.05, 4.69) is 52.9 Å². The van der Waals surface area contributed by atoms with Crippen LogP contribution < -0.4 is 15.8 Å². The number of amides is 1. The highest BCUT2D eigenvalue weighted by atomic mass is 16.8. The van der Waals surface area contributed by atoms with Crippen LogP contribution in [0, 0.1) is 74.9 Å². The normalized spacial score (nSPS) is 46.9. The quantitative estimate of drug-likeness (QED) is 0.0881. The zero-order chi connectivity index (χ0) is 60.6. The molecule has 1 amide bonds. The molecule has 8 fully saturated rings. The summed E-state index contributed by atoms with van der Waals surface area (Å²) in [6.07, 6.45) is 11.6. The van der Waals surface area contributed by atoms with E-state index in [1.165, 1.54) is 11.6 Å². The SMILES string of the molecule is C[C@@H]1[C@]2(O[C@H]3C=C4[C@@H]5CC[C@H]6Cc7nc8c(nc7C[C@]6(C)[C@H]5C[C@@H](O)[C@]4(C)[C@]31O)C[C@@H]1CC[C@H]3C4=C[C@@H]5O[C@]6(CCC(C)(C)O6)[C@@H](C)[C@@H]5[C@@]4(C)[C@H](O)C[C@@H]3[C@@]1(C)C8)O[C@@](C)(COC(=O)CNC(=O)Cc1cc(=O)oc3cc(N(C)C)ccc13)C[C@H]2O. The molecule has 3 aromatic rings. The molecule has 15 rings (SSSR count). The van der Waals surface area contributed by atoms with Crippen LogP contribution >= 0.6 is 0 Å². The Bertz CT molecular complexity index is 3510. The fourth-order valence-corrected chi connectivity index (χ4v) is 21.8. The van der Waals surface area contributed by atoms with Crippen LogP contribution in [0.4, 0.5) is 5.69 Å². The molecule has 2 spiro atoms. The standard InChI is InChI=1S/C69H90N4O13/c1-34-60-52(83-67(34)19-18-61(3,4)85-67)25-45-41-15-12-37-22-47-49(29-63(37,6)43(41)26-53(74)65(45,60)8)71-48-23-38-13-16-42-44(64(38,7)30-50(48)72-47)27-54(75)66(9)46(42)28-56-68(66,80)35(2)69(84-56)55(76)31-62(5,86-69)33-81-59(79)32-70-57(77)20-36-21-58(78)82-51-24-39(73(10)11)14-17-40(36)51/h14,17,21,24-25,28,34-35,37-38,41-44,52-56,60,74-76,80H,12-13,15-16,18-20,22-23,26-27,29-33H2,1-11H3,(H,70,77)/t34-,35-,37-,38-,41+,42+,43-,44-,52-,53+,54+,55+,56-,60-,62+,63-,64-,65+,66+,67-,68+,69-/m0/s1. The van der Waals surface area contributed by atoms with E-state index in [1.54, 1.807) is 19.1 Å². The predicted molar refractivity (Wildman–Crippen MR) is 317 cm³/mol. The molecule has 4 saturated carbocycles. The first-order valence-electron chi connectivity index (χ1n) is 32.5. The number of esters is 1. The van der Waals surface area contributed by atoms with E-state index in [0.29, 0.717) is 46.6 Å². The van der Waals surface area contributed by atoms with E-state index in [1.807, 2.05) is 45.0 Å². The molecular formula is C69H90N4O13. The lowest BCUT2D eigenvalue weighted by Gasteiger charge is -2.61. The van der Waals surface area contributed by atoms with Crippen molar-refractivity contribution in [1.29, 1.82) is 0 Å². The molecule has 4 saturated heterocycles. The van der Waals surface area contributed by atoms with Crippen molar-refractivity contribution >= 4 is 28.5 Å². The molecule has 1 aromatic carbocycles. The van der Waals surface area contributed by atoms with Gasteiger partial charge in [0.1, 0.15) is 42.1 Å². The molecule has 22 atom stereocenters. The first-order valence-corrected chi connectivity index (χ1v) is 32.5. The van der Waals surface area contributed by atoms with E-state index < -0.39 is 82.6 Å². The van der Waals surface area contributed by atoms with Gasteiger partial charge in [-0.2, -0.15) is 0 Å². The Hall–Kier alpha value is -4.59. The summed E-state index contributed by atoms with van der Waals surface area (Å²) in [5.41, 5.74) is 3.38. The third kappa shape index (κ3) is 7.79. The second-order valence-electron chi connectivity index (χ2n) is 31.4. The summed E-state index contributed by atoms with van der Waals surface area (Å²) in [5, 5.41) is 53.8. The van der Waals surface area contributed by atoms with Crippen molar-refractivity contribution < 1.29 is 58.1 Å². The van der Waals surface area contributed by atoms with Crippen LogP contribution in [0.5, 0.6) is 0 Å². The minimum Gasteiger partial charge on any atom is -0.461 e. The Morgan fingerprint density at radius 1 is 0.779 bits per heavy atom. The van der Waals surface area contributed by atoms with Gasteiger partial charge in [0.2, 0.25) is 11.7 Å². The van der Waals surface area contributed by atoms with Gasteiger partial charge in [-0.1, -0.05) is 64.8 Å². The summed E-state index contributed by atoms with van der Waals surface area (Å²) in [4.78, 5) is 51.8. The molecule has 8 aliphatic carbocycles. The number of ether oxygens (including phenoxy) is 5. The average molecular weight is 1180 g/mol. The number of aliphatic hydroxyl groups excluding tert-OH is 3. The number of aromatic nitrogens is 2. The highest BCUT2D eigenvalue weighted by Crippen LogP contribution is 2.73. The third-order valence-corrected chi connectivity index (χ3v) is 26.5. The average Bonchev–Trinajstić information content (AvgIpc) is 1.48. The van der Waals surface area contributed by atoms with Crippen LogP contribution in [-0.4, -0.2) is 128 Å². The lowest BCUT2D eigenvalue weighted by molar-refractivity contribution is -0.281. The molecule has 0 bridgehead atoms. The van der Waals surface area contributed by atoms with Gasteiger partial charge in [0, 0.05) is 78.7 Å². The highest BCUT2D eigenvalue weighted by Gasteiger charge is 2.79. The lowest BCUT2D eigenvalue weighted by atomic mass is 9.44. The molecule has 17 nitrogen and oxygen atoms in total. The fraction of sp³-hybridized carbons (Fsp3) is 0.725. The first kappa shape index (κ1) is 57.8. The van der Waals surface area contributed by atoms with Crippen LogP contribution in [0.1, 0.15) is 148 Å². The second kappa shape index (κ2) is 18.8. The van der Waals surface area contributed by atoms with E-state index in [4.69, 9.17) is 38.1 Å². The highest BCUT2D eigenvalue weighted by molar-refractivity contribution is 5.90. The van der Waals surface area contributed by atoms with Crippen LogP contribution in [0.25, 0.3) is 11.0 Å². The topological polar surface area (TPSA) is 232 Å². The van der Waals surface area contributed by atoms with Gasteiger partial charge in [-0.3, -0.25) is 19.6 Å². The van der Waals surface area contributed by atoms with Crippen molar-refractivity contribution in [3.8, 4) is 0 Å². The largest absolute Gasteiger partial charge is 0.461 e. The lowest BCUT2D eigenvalue weighted by Crippen LogP contribution is -2.65. The van der Waals surface area contributed by atoms with Crippen molar-refractivity contribution in [2.75, 3.05) is 32.1 Å². The molecule has 17 heteroatoms. The third-order valence-electron chi connectivity index (χ3n) is 26.5. The Balaban J connectivity index is 0.614. The van der Waals surface area contributed by atoms with E-state index in [-0.39, 0.29) is 71.1 Å². The fourth-order valence-electron chi connectivity index (χ4n) is 21.8. The van der Waals surface area contributed by atoms with Gasteiger partial charge < -0.3 is 58.7 Å². The number of carbonyl (C=O) groups is 2. The summed E-state index contributed by atoms with van der Waals surface area (Å²) < 4.78 is 38.4. The van der Waals surface area contributed by atoms with E-state index in [9.17, 15) is 34.8 Å². The first-order chi connectivity index (χ1) is 40.5. The minimum atomic E-state index is -1.66. The van der Waals surface area contributed by atoms with Gasteiger partial charge in [-0.15, -0.1) is 0 Å². The number of anilines is 1. The Morgan fingerprint density at radius 3 is 2.07 bits per heavy atom. The summed E-state index contributed by atoms with van der Waals surface area (Å²) in [7, 11) is 3.75.